The summed E-state index contributed by atoms with van der Waals surface area (Å²) >= 11 is 0. The minimum absolute atomic E-state index is 0.0203. The number of nitrogens with one attached hydrogen (secondary N) is 4. The van der Waals surface area contributed by atoms with E-state index in [2.05, 4.69) is 21.4 Å². The summed E-state index contributed by atoms with van der Waals surface area (Å²) in [5, 5.41) is 2.74. The standard InChI is InChI=1S/C40H50F4N6O9S2/c1-21(2)31-16-27(41)17-32(37(31)46-39(55)48-60(56,57)28-8-10-49(34(52)18-28)20-40(42,43)44)22(3)12-24-13-26-15-25-6-5-7-30(25)36(33(26)14-24)45-38(54)47-61(58,59)29-9-11-50(23(4)51)35(53)19-29/h15-17,21-22,24,28-29H,5-14,18-20H2,1-4H3,(H2,45,47,54)(H2,46,48,55). The topological polar surface area (TPSA) is 208 Å². The number of anilines is 2. The predicted octanol–water partition coefficient (Wildman–Crippen LogP) is 5.34. The third kappa shape index (κ3) is 10.5. The van der Waals surface area contributed by atoms with Crippen molar-refractivity contribution in [1.82, 2.24) is 19.2 Å². The van der Waals surface area contributed by atoms with Gasteiger partial charge in [0, 0.05) is 44.2 Å². The van der Waals surface area contributed by atoms with Crippen LogP contribution in [0.4, 0.5) is 38.5 Å². The molecule has 4 aliphatic rings. The molecule has 61 heavy (non-hydrogen) atoms. The molecule has 6 rings (SSSR count). The second-order valence-electron chi connectivity index (χ2n) is 16.8. The van der Waals surface area contributed by atoms with Crippen LogP contribution in [0.1, 0.15) is 111 Å². The Bertz CT molecular complexity index is 2360. The van der Waals surface area contributed by atoms with Crippen molar-refractivity contribution in [3.05, 3.63) is 57.4 Å². The van der Waals surface area contributed by atoms with Crippen molar-refractivity contribution >= 4 is 61.2 Å². The summed E-state index contributed by atoms with van der Waals surface area (Å²) in [7, 11) is -8.82. The Kier molecular flexibility index (Phi) is 13.1. The van der Waals surface area contributed by atoms with E-state index in [9.17, 15) is 54.0 Å². The van der Waals surface area contributed by atoms with Crippen LogP contribution in [0.25, 0.3) is 0 Å². The predicted molar refractivity (Wildman–Crippen MR) is 216 cm³/mol. The lowest BCUT2D eigenvalue weighted by Gasteiger charge is -2.31. The van der Waals surface area contributed by atoms with Crippen LogP contribution in [-0.4, -0.2) is 92.7 Å². The van der Waals surface area contributed by atoms with Crippen LogP contribution < -0.4 is 20.1 Å². The first-order valence-electron chi connectivity index (χ1n) is 20.2. The molecule has 2 aliphatic carbocycles. The van der Waals surface area contributed by atoms with E-state index in [0.29, 0.717) is 47.4 Å². The minimum atomic E-state index is -4.66. The average molecular weight is 899 g/mol. The van der Waals surface area contributed by atoms with E-state index in [4.69, 9.17) is 0 Å². The molecule has 0 aromatic heterocycles. The highest BCUT2D eigenvalue weighted by Crippen LogP contribution is 2.44. The normalized spacial score (nSPS) is 21.2. The number of imide groups is 1. The first-order chi connectivity index (χ1) is 28.4. The van der Waals surface area contributed by atoms with Gasteiger partial charge in [-0.2, -0.15) is 13.2 Å². The fraction of sp³-hybridized carbons (Fsp3) is 0.575. The molecule has 4 N–H and O–H groups in total. The number of fused-ring (bicyclic) bond motifs is 2. The van der Waals surface area contributed by atoms with Gasteiger partial charge in [0.25, 0.3) is 0 Å². The Morgan fingerprint density at radius 3 is 1.93 bits per heavy atom. The molecule has 2 saturated heterocycles. The van der Waals surface area contributed by atoms with E-state index in [1.165, 1.54) is 19.1 Å². The van der Waals surface area contributed by atoms with E-state index in [1.807, 2.05) is 11.6 Å². The van der Waals surface area contributed by atoms with Gasteiger partial charge in [-0.05, 0) is 115 Å². The first kappa shape index (κ1) is 45.7. The molecular weight excluding hydrogens is 849 g/mol. The highest BCUT2D eigenvalue weighted by molar-refractivity contribution is 7.91. The lowest BCUT2D eigenvalue weighted by Crippen LogP contribution is -2.50. The van der Waals surface area contributed by atoms with Gasteiger partial charge in [-0.1, -0.05) is 26.8 Å². The highest BCUT2D eigenvalue weighted by atomic mass is 32.2. The fourth-order valence-corrected chi connectivity index (χ4v) is 11.6. The van der Waals surface area contributed by atoms with Gasteiger partial charge < -0.3 is 15.5 Å². The number of hydrogen-bond acceptors (Lipinski definition) is 9. The van der Waals surface area contributed by atoms with E-state index < -0.39 is 104 Å². The number of alkyl halides is 3. The van der Waals surface area contributed by atoms with Gasteiger partial charge in [-0.25, -0.2) is 40.3 Å². The Hall–Kier alpha value is -4.79. The van der Waals surface area contributed by atoms with Gasteiger partial charge in [0.1, 0.15) is 12.4 Å². The lowest BCUT2D eigenvalue weighted by molar-refractivity contribution is -0.163. The Morgan fingerprint density at radius 1 is 0.770 bits per heavy atom. The van der Waals surface area contributed by atoms with Gasteiger partial charge in [-0.15, -0.1) is 0 Å². The van der Waals surface area contributed by atoms with E-state index in [0.717, 1.165) is 40.0 Å². The average Bonchev–Trinajstić information content (AvgIpc) is 3.78. The summed E-state index contributed by atoms with van der Waals surface area (Å²) < 4.78 is 111. The van der Waals surface area contributed by atoms with Crippen molar-refractivity contribution in [2.45, 2.75) is 120 Å². The van der Waals surface area contributed by atoms with E-state index in [1.54, 1.807) is 13.8 Å². The number of piperidine rings is 2. The largest absolute Gasteiger partial charge is 0.406 e. The maximum Gasteiger partial charge on any atom is 0.406 e. The molecule has 15 nitrogen and oxygen atoms in total. The summed E-state index contributed by atoms with van der Waals surface area (Å²) in [4.78, 5) is 64.7. The third-order valence-corrected chi connectivity index (χ3v) is 15.5. The second-order valence-corrected chi connectivity index (χ2v) is 20.8. The molecule has 2 aliphatic heterocycles. The van der Waals surface area contributed by atoms with Crippen LogP contribution in [0.3, 0.4) is 0 Å². The van der Waals surface area contributed by atoms with Crippen molar-refractivity contribution in [3.63, 3.8) is 0 Å². The number of amides is 7. The Morgan fingerprint density at radius 2 is 1.36 bits per heavy atom. The first-order valence-corrected chi connectivity index (χ1v) is 23.3. The number of sulfonamides is 2. The van der Waals surface area contributed by atoms with Crippen LogP contribution in [0, 0.1) is 11.7 Å². The molecule has 2 fully saturated rings. The summed E-state index contributed by atoms with van der Waals surface area (Å²) in [6, 6.07) is 2.45. The number of likely N-dealkylation sites (tertiary alicyclic amines) is 2. The molecule has 0 bridgehead atoms. The number of carbonyl (C=O) groups is 5. The van der Waals surface area contributed by atoms with Crippen LogP contribution in [-0.2, 0) is 60.1 Å². The number of nitrogens with zero attached hydrogens (tertiary/aromatic N) is 2. The number of urea groups is 2. The molecule has 21 heteroatoms. The molecule has 2 heterocycles. The van der Waals surface area contributed by atoms with Crippen molar-refractivity contribution < 1.29 is 58.4 Å². The number of benzene rings is 2. The molecule has 334 valence electrons. The zero-order valence-electron chi connectivity index (χ0n) is 34.2. The Labute approximate surface area is 351 Å². The zero-order valence-corrected chi connectivity index (χ0v) is 35.8. The highest BCUT2D eigenvalue weighted by Gasteiger charge is 2.41. The monoisotopic (exact) mass is 898 g/mol. The van der Waals surface area contributed by atoms with Crippen molar-refractivity contribution in [2.24, 2.45) is 5.92 Å². The quantitative estimate of drug-likeness (QED) is 0.215. The molecule has 0 saturated carbocycles. The lowest BCUT2D eigenvalue weighted by atomic mass is 9.85. The van der Waals surface area contributed by atoms with Gasteiger partial charge in [0.15, 0.2) is 0 Å². The smallest absolute Gasteiger partial charge is 0.334 e. The summed E-state index contributed by atoms with van der Waals surface area (Å²) in [5.74, 6) is -3.51. The zero-order chi connectivity index (χ0) is 44.8. The van der Waals surface area contributed by atoms with Crippen molar-refractivity contribution in [3.8, 4) is 0 Å². The van der Waals surface area contributed by atoms with Gasteiger partial charge in [-0.3, -0.25) is 19.3 Å². The minimum Gasteiger partial charge on any atom is -0.334 e. The van der Waals surface area contributed by atoms with Gasteiger partial charge >= 0.3 is 18.2 Å². The summed E-state index contributed by atoms with van der Waals surface area (Å²) in [6.07, 6.45) is -2.42. The van der Waals surface area contributed by atoms with Gasteiger partial charge in [0.05, 0.1) is 10.5 Å². The van der Waals surface area contributed by atoms with Crippen molar-refractivity contribution in [1.29, 1.82) is 0 Å². The molecule has 2 aromatic carbocycles. The summed E-state index contributed by atoms with van der Waals surface area (Å²) in [6.45, 7) is 4.54. The molecular formula is C40H50F4N6O9S2. The molecule has 2 aromatic rings. The number of aryl methyl sites for hydroxylation is 1. The third-order valence-electron chi connectivity index (χ3n) is 12.0. The SMILES string of the molecule is CC(=O)N1CCC(S(=O)(=O)NC(=O)Nc2c3c(cc4c2CC(CC(C)c2cc(F)cc(C(C)C)c2NC(=O)NS(=O)(=O)C2CCN(CC(F)(F)F)C(=O)C2)C4)CCC3)CC1=O. The number of rotatable bonds is 11. The second kappa shape index (κ2) is 17.5. The van der Waals surface area contributed by atoms with Crippen LogP contribution in [0.5, 0.6) is 0 Å². The van der Waals surface area contributed by atoms with E-state index in [-0.39, 0.29) is 36.9 Å². The van der Waals surface area contributed by atoms with Gasteiger partial charge in [0.2, 0.25) is 37.8 Å². The maximum absolute atomic E-state index is 15.2. The summed E-state index contributed by atoms with van der Waals surface area (Å²) in [5.41, 5.74) is 5.23. The maximum atomic E-state index is 15.2. The van der Waals surface area contributed by atoms with Crippen LogP contribution >= 0.6 is 0 Å². The number of hydrogen-bond donors (Lipinski definition) is 4. The Balaban J connectivity index is 1.16. The van der Waals surface area contributed by atoms with Crippen molar-refractivity contribution in [2.75, 3.05) is 30.3 Å². The number of halogens is 4. The van der Waals surface area contributed by atoms with Crippen LogP contribution in [0.15, 0.2) is 18.2 Å². The molecule has 7 amide bonds. The number of carbonyl (C=O) groups excluding carboxylic acids is 5. The van der Waals surface area contributed by atoms with E-state index >= 15 is 4.39 Å². The molecule has 0 radical (unpaired) electrons. The molecule has 4 atom stereocenters. The fourth-order valence-electron chi connectivity index (χ4n) is 9.13. The molecule has 4 unspecified atom stereocenters. The van der Waals surface area contributed by atoms with Crippen LogP contribution in [0.2, 0.25) is 0 Å². The molecule has 0 spiro atoms.